The van der Waals surface area contributed by atoms with Crippen LogP contribution in [-0.2, 0) is 6.42 Å². The van der Waals surface area contributed by atoms with Crippen LogP contribution < -0.4 is 16.4 Å². The Kier molecular flexibility index (Phi) is 4.70. The average molecular weight is 275 g/mol. The summed E-state index contributed by atoms with van der Waals surface area (Å²) < 4.78 is 12.8. The quantitative estimate of drug-likeness (QED) is 0.754. The lowest BCUT2D eigenvalue weighted by Crippen LogP contribution is -2.10. The fraction of sp³-hybridized carbons (Fsp3) is 0.286. The highest BCUT2D eigenvalue weighted by Crippen LogP contribution is 2.12. The van der Waals surface area contributed by atoms with E-state index in [9.17, 15) is 4.39 Å². The number of nitrogens with zero attached hydrogens (tertiary/aromatic N) is 2. The molecule has 0 saturated heterocycles. The summed E-state index contributed by atoms with van der Waals surface area (Å²) in [4.78, 5) is 8.19. The number of hydrogen-bond donors (Lipinski definition) is 3. The molecule has 106 valence electrons. The SMILES string of the molecule is CCNc1cc(NCCc2ccc(F)cc2)nc(N)n1. The molecule has 0 spiro atoms. The maximum absolute atomic E-state index is 12.8. The summed E-state index contributed by atoms with van der Waals surface area (Å²) in [6.45, 7) is 3.44. The Bertz CT molecular complexity index is 556. The normalized spacial score (nSPS) is 10.3. The van der Waals surface area contributed by atoms with Crippen LogP contribution in [0, 0.1) is 5.82 Å². The van der Waals surface area contributed by atoms with Crippen LogP contribution in [-0.4, -0.2) is 23.1 Å². The summed E-state index contributed by atoms with van der Waals surface area (Å²) in [6.07, 6.45) is 0.778. The van der Waals surface area contributed by atoms with Gasteiger partial charge in [0.15, 0.2) is 0 Å². The van der Waals surface area contributed by atoms with E-state index in [4.69, 9.17) is 5.73 Å². The number of nitrogen functional groups attached to an aromatic ring is 1. The molecule has 2 aromatic rings. The monoisotopic (exact) mass is 275 g/mol. The Balaban J connectivity index is 1.91. The minimum atomic E-state index is -0.222. The topological polar surface area (TPSA) is 75.9 Å². The molecule has 5 nitrogen and oxygen atoms in total. The molecule has 0 bridgehead atoms. The highest BCUT2D eigenvalue weighted by molar-refractivity contribution is 5.50. The Labute approximate surface area is 117 Å². The molecule has 0 unspecified atom stereocenters. The molecule has 4 N–H and O–H groups in total. The van der Waals surface area contributed by atoms with Gasteiger partial charge in [-0.15, -0.1) is 0 Å². The summed E-state index contributed by atoms with van der Waals surface area (Å²) in [5.74, 6) is 1.38. The second kappa shape index (κ2) is 6.70. The third kappa shape index (κ3) is 4.08. The zero-order valence-corrected chi connectivity index (χ0v) is 11.4. The van der Waals surface area contributed by atoms with Crippen molar-refractivity contribution in [3.8, 4) is 0 Å². The Hall–Kier alpha value is -2.37. The second-order valence-corrected chi connectivity index (χ2v) is 4.33. The number of benzene rings is 1. The number of rotatable bonds is 6. The van der Waals surface area contributed by atoms with Gasteiger partial charge in [0.25, 0.3) is 0 Å². The van der Waals surface area contributed by atoms with E-state index in [2.05, 4.69) is 20.6 Å². The van der Waals surface area contributed by atoms with Crippen LogP contribution in [0.15, 0.2) is 30.3 Å². The molecule has 0 saturated carbocycles. The van der Waals surface area contributed by atoms with Gasteiger partial charge < -0.3 is 16.4 Å². The summed E-state index contributed by atoms with van der Waals surface area (Å²) in [5, 5.41) is 6.27. The van der Waals surface area contributed by atoms with Crippen molar-refractivity contribution in [1.29, 1.82) is 0 Å². The molecule has 20 heavy (non-hydrogen) atoms. The van der Waals surface area contributed by atoms with Crippen molar-refractivity contribution in [1.82, 2.24) is 9.97 Å². The number of hydrogen-bond acceptors (Lipinski definition) is 5. The van der Waals surface area contributed by atoms with Crippen LogP contribution in [0.4, 0.5) is 22.0 Å². The molecule has 0 radical (unpaired) electrons. The zero-order chi connectivity index (χ0) is 14.4. The van der Waals surface area contributed by atoms with Crippen molar-refractivity contribution >= 4 is 17.6 Å². The van der Waals surface area contributed by atoms with E-state index in [0.29, 0.717) is 18.2 Å². The van der Waals surface area contributed by atoms with Gasteiger partial charge in [-0.1, -0.05) is 12.1 Å². The number of nitrogens with one attached hydrogen (secondary N) is 2. The molecule has 1 aromatic carbocycles. The van der Waals surface area contributed by atoms with E-state index >= 15 is 0 Å². The van der Waals surface area contributed by atoms with E-state index in [1.54, 1.807) is 12.1 Å². The van der Waals surface area contributed by atoms with Gasteiger partial charge in [0.2, 0.25) is 5.95 Å². The minimum Gasteiger partial charge on any atom is -0.370 e. The van der Waals surface area contributed by atoms with Crippen molar-refractivity contribution in [3.63, 3.8) is 0 Å². The van der Waals surface area contributed by atoms with Crippen molar-refractivity contribution in [2.24, 2.45) is 0 Å². The predicted octanol–water partition coefficient (Wildman–Crippen LogP) is 2.28. The Morgan fingerprint density at radius 1 is 1.10 bits per heavy atom. The van der Waals surface area contributed by atoms with Crippen LogP contribution in [0.25, 0.3) is 0 Å². The molecule has 0 aliphatic rings. The van der Waals surface area contributed by atoms with Gasteiger partial charge in [0.05, 0.1) is 0 Å². The highest BCUT2D eigenvalue weighted by atomic mass is 19.1. The first-order valence-corrected chi connectivity index (χ1v) is 6.54. The second-order valence-electron chi connectivity index (χ2n) is 4.33. The number of nitrogens with two attached hydrogens (primary N) is 1. The third-order valence-corrected chi connectivity index (χ3v) is 2.73. The van der Waals surface area contributed by atoms with Gasteiger partial charge in [-0.2, -0.15) is 9.97 Å². The van der Waals surface area contributed by atoms with Crippen LogP contribution in [0.5, 0.6) is 0 Å². The van der Waals surface area contributed by atoms with E-state index in [0.717, 1.165) is 18.5 Å². The molecule has 0 aliphatic carbocycles. The smallest absolute Gasteiger partial charge is 0.223 e. The summed E-state index contributed by atoms with van der Waals surface area (Å²) in [6, 6.07) is 8.28. The largest absolute Gasteiger partial charge is 0.370 e. The predicted molar refractivity (Wildman–Crippen MR) is 79.2 cm³/mol. The van der Waals surface area contributed by atoms with E-state index in [1.807, 2.05) is 13.0 Å². The Morgan fingerprint density at radius 3 is 2.40 bits per heavy atom. The number of halogens is 1. The molecule has 1 aromatic heterocycles. The summed E-state index contributed by atoms with van der Waals surface area (Å²) >= 11 is 0. The lowest BCUT2D eigenvalue weighted by Gasteiger charge is -2.09. The maximum atomic E-state index is 12.8. The summed E-state index contributed by atoms with van der Waals surface area (Å²) in [7, 11) is 0. The molecular weight excluding hydrogens is 257 g/mol. The number of aromatic nitrogens is 2. The van der Waals surface area contributed by atoms with Gasteiger partial charge in [-0.05, 0) is 31.0 Å². The van der Waals surface area contributed by atoms with Gasteiger partial charge in [0, 0.05) is 19.2 Å². The maximum Gasteiger partial charge on any atom is 0.223 e. The van der Waals surface area contributed by atoms with Gasteiger partial charge in [0.1, 0.15) is 17.5 Å². The molecule has 2 rings (SSSR count). The Morgan fingerprint density at radius 2 is 1.75 bits per heavy atom. The fourth-order valence-corrected chi connectivity index (χ4v) is 1.81. The van der Waals surface area contributed by atoms with E-state index < -0.39 is 0 Å². The van der Waals surface area contributed by atoms with Crippen LogP contribution in [0.1, 0.15) is 12.5 Å². The van der Waals surface area contributed by atoms with Crippen molar-refractivity contribution in [2.45, 2.75) is 13.3 Å². The highest BCUT2D eigenvalue weighted by Gasteiger charge is 2.01. The van der Waals surface area contributed by atoms with Crippen LogP contribution in [0.2, 0.25) is 0 Å². The fourth-order valence-electron chi connectivity index (χ4n) is 1.81. The molecule has 0 fully saturated rings. The third-order valence-electron chi connectivity index (χ3n) is 2.73. The first kappa shape index (κ1) is 14.0. The minimum absolute atomic E-state index is 0.222. The standard InChI is InChI=1S/C14H18FN5/c1-2-17-12-9-13(20-14(16)19-12)18-8-7-10-3-5-11(15)6-4-10/h3-6,9H,2,7-8H2,1H3,(H4,16,17,18,19,20). The van der Waals surface area contributed by atoms with Gasteiger partial charge in [-0.3, -0.25) is 0 Å². The molecule has 6 heteroatoms. The first-order valence-electron chi connectivity index (χ1n) is 6.54. The van der Waals surface area contributed by atoms with Crippen molar-refractivity contribution in [2.75, 3.05) is 29.5 Å². The van der Waals surface area contributed by atoms with Crippen LogP contribution in [0.3, 0.4) is 0 Å². The number of anilines is 3. The van der Waals surface area contributed by atoms with Gasteiger partial charge >= 0.3 is 0 Å². The molecule has 0 amide bonds. The first-order chi connectivity index (χ1) is 9.67. The molecular formula is C14H18FN5. The van der Waals surface area contributed by atoms with Crippen LogP contribution >= 0.6 is 0 Å². The lowest BCUT2D eigenvalue weighted by atomic mass is 10.1. The van der Waals surface area contributed by atoms with E-state index in [-0.39, 0.29) is 11.8 Å². The average Bonchev–Trinajstić information content (AvgIpc) is 2.41. The molecule has 0 atom stereocenters. The molecule has 0 aliphatic heterocycles. The van der Waals surface area contributed by atoms with E-state index in [1.165, 1.54) is 12.1 Å². The van der Waals surface area contributed by atoms with Crippen molar-refractivity contribution < 1.29 is 4.39 Å². The zero-order valence-electron chi connectivity index (χ0n) is 11.4. The lowest BCUT2D eigenvalue weighted by molar-refractivity contribution is 0.627. The summed E-state index contributed by atoms with van der Waals surface area (Å²) in [5.41, 5.74) is 6.71. The van der Waals surface area contributed by atoms with Crippen molar-refractivity contribution in [3.05, 3.63) is 41.7 Å². The van der Waals surface area contributed by atoms with Gasteiger partial charge in [-0.25, -0.2) is 4.39 Å². The molecule has 1 heterocycles.